The van der Waals surface area contributed by atoms with Crippen LogP contribution in [-0.4, -0.2) is 17.9 Å². The van der Waals surface area contributed by atoms with Crippen molar-refractivity contribution in [1.82, 2.24) is 4.98 Å². The number of amides is 1. The largest absolute Gasteiger partial charge is 0.356 e. The maximum atomic E-state index is 13.8. The normalized spacial score (nSPS) is 10.8. The Kier molecular flexibility index (Phi) is 3.22. The summed E-state index contributed by atoms with van der Waals surface area (Å²) in [6.07, 6.45) is 0. The molecule has 4 heteroatoms. The van der Waals surface area contributed by atoms with Crippen LogP contribution in [0.25, 0.3) is 10.9 Å². The lowest BCUT2D eigenvalue weighted by atomic mass is 10.1. The fourth-order valence-corrected chi connectivity index (χ4v) is 2.52. The zero-order valence-electron chi connectivity index (χ0n) is 11.9. The van der Waals surface area contributed by atoms with E-state index in [1.165, 1.54) is 6.07 Å². The van der Waals surface area contributed by atoms with E-state index in [-0.39, 0.29) is 11.7 Å². The third-order valence-corrected chi connectivity index (χ3v) is 3.63. The number of halogens is 1. The molecule has 0 aliphatic heterocycles. The summed E-state index contributed by atoms with van der Waals surface area (Å²) in [6.45, 7) is 1.78. The predicted octanol–water partition coefficient (Wildman–Crippen LogP) is 3.89. The van der Waals surface area contributed by atoms with E-state index in [9.17, 15) is 9.18 Å². The molecule has 0 radical (unpaired) electrons. The molecule has 3 rings (SSSR count). The van der Waals surface area contributed by atoms with Gasteiger partial charge in [-0.15, -0.1) is 0 Å². The van der Waals surface area contributed by atoms with Crippen LogP contribution in [0.2, 0.25) is 0 Å². The number of carbonyl (C=O) groups is 1. The average Bonchev–Trinajstić information content (AvgIpc) is 2.84. The highest BCUT2D eigenvalue weighted by molar-refractivity contribution is 6.14. The van der Waals surface area contributed by atoms with Crippen LogP contribution in [0.1, 0.15) is 16.1 Å². The van der Waals surface area contributed by atoms with Gasteiger partial charge in [0.1, 0.15) is 5.82 Å². The second-order valence-corrected chi connectivity index (χ2v) is 4.99. The Labute approximate surface area is 122 Å². The SMILES string of the molecule is Cc1[nH]c2c(F)cccc2c1C(=O)N(C)c1ccccc1. The molecule has 0 saturated heterocycles. The summed E-state index contributed by atoms with van der Waals surface area (Å²) in [4.78, 5) is 17.3. The van der Waals surface area contributed by atoms with E-state index in [2.05, 4.69) is 4.98 Å². The van der Waals surface area contributed by atoms with Crippen molar-refractivity contribution in [1.29, 1.82) is 0 Å². The first-order valence-electron chi connectivity index (χ1n) is 6.69. The quantitative estimate of drug-likeness (QED) is 0.760. The van der Waals surface area contributed by atoms with Crippen molar-refractivity contribution in [3.05, 3.63) is 65.6 Å². The Bertz CT molecular complexity index is 808. The van der Waals surface area contributed by atoms with Gasteiger partial charge < -0.3 is 9.88 Å². The van der Waals surface area contributed by atoms with E-state index in [1.54, 1.807) is 31.0 Å². The van der Waals surface area contributed by atoms with Crippen molar-refractivity contribution in [2.75, 3.05) is 11.9 Å². The van der Waals surface area contributed by atoms with Crippen LogP contribution in [0.4, 0.5) is 10.1 Å². The number of carbonyl (C=O) groups excluding carboxylic acids is 1. The highest BCUT2D eigenvalue weighted by atomic mass is 19.1. The number of benzene rings is 2. The van der Waals surface area contributed by atoms with Crippen LogP contribution in [0.15, 0.2) is 48.5 Å². The van der Waals surface area contributed by atoms with E-state index in [0.717, 1.165) is 5.69 Å². The molecule has 0 unspecified atom stereocenters. The third kappa shape index (κ3) is 2.18. The van der Waals surface area contributed by atoms with Crippen molar-refractivity contribution >= 4 is 22.5 Å². The number of aromatic amines is 1. The number of hydrogen-bond acceptors (Lipinski definition) is 1. The Hall–Kier alpha value is -2.62. The van der Waals surface area contributed by atoms with Crippen molar-refractivity contribution in [3.8, 4) is 0 Å². The monoisotopic (exact) mass is 282 g/mol. The van der Waals surface area contributed by atoms with Gasteiger partial charge in [0, 0.05) is 23.8 Å². The maximum Gasteiger partial charge on any atom is 0.260 e. The molecule has 0 fully saturated rings. The van der Waals surface area contributed by atoms with Gasteiger partial charge in [0.05, 0.1) is 11.1 Å². The lowest BCUT2D eigenvalue weighted by Crippen LogP contribution is -2.26. The molecular weight excluding hydrogens is 267 g/mol. The summed E-state index contributed by atoms with van der Waals surface area (Å²) in [5.74, 6) is -0.507. The molecule has 0 bridgehead atoms. The van der Waals surface area contributed by atoms with Crippen LogP contribution >= 0.6 is 0 Å². The summed E-state index contributed by atoms with van der Waals surface area (Å²) < 4.78 is 13.8. The van der Waals surface area contributed by atoms with Gasteiger partial charge in [-0.25, -0.2) is 4.39 Å². The minimum absolute atomic E-state index is 0.157. The van der Waals surface area contributed by atoms with Crippen molar-refractivity contribution < 1.29 is 9.18 Å². The van der Waals surface area contributed by atoms with E-state index in [4.69, 9.17) is 0 Å². The van der Waals surface area contributed by atoms with Crippen LogP contribution < -0.4 is 4.90 Å². The molecule has 0 saturated carbocycles. The van der Waals surface area contributed by atoms with Crippen molar-refractivity contribution in [3.63, 3.8) is 0 Å². The van der Waals surface area contributed by atoms with Crippen LogP contribution in [0, 0.1) is 12.7 Å². The molecule has 0 atom stereocenters. The van der Waals surface area contributed by atoms with Gasteiger partial charge in [0.2, 0.25) is 0 Å². The van der Waals surface area contributed by atoms with Crippen molar-refractivity contribution in [2.45, 2.75) is 6.92 Å². The third-order valence-electron chi connectivity index (χ3n) is 3.63. The van der Waals surface area contributed by atoms with Crippen LogP contribution in [-0.2, 0) is 0 Å². The number of para-hydroxylation sites is 2. The molecule has 3 aromatic rings. The zero-order chi connectivity index (χ0) is 15.0. The molecule has 1 aromatic heterocycles. The summed E-state index contributed by atoms with van der Waals surface area (Å²) in [5.41, 5.74) is 2.35. The molecular formula is C17H15FN2O. The molecule has 1 heterocycles. The number of anilines is 1. The number of aryl methyl sites for hydroxylation is 1. The maximum absolute atomic E-state index is 13.8. The number of fused-ring (bicyclic) bond motifs is 1. The molecule has 0 aliphatic rings. The predicted molar refractivity (Wildman–Crippen MR) is 82.2 cm³/mol. The Morgan fingerprint density at radius 3 is 2.52 bits per heavy atom. The molecule has 21 heavy (non-hydrogen) atoms. The topological polar surface area (TPSA) is 36.1 Å². The van der Waals surface area contributed by atoms with Gasteiger partial charge in [-0.3, -0.25) is 4.79 Å². The lowest BCUT2D eigenvalue weighted by Gasteiger charge is -2.17. The Morgan fingerprint density at radius 1 is 1.10 bits per heavy atom. The minimum Gasteiger partial charge on any atom is -0.356 e. The van der Waals surface area contributed by atoms with Gasteiger partial charge >= 0.3 is 0 Å². The van der Waals surface area contributed by atoms with E-state index in [1.807, 2.05) is 30.3 Å². The van der Waals surface area contributed by atoms with Gasteiger partial charge in [0.25, 0.3) is 5.91 Å². The Balaban J connectivity index is 2.10. The molecule has 0 aliphatic carbocycles. The fourth-order valence-electron chi connectivity index (χ4n) is 2.52. The van der Waals surface area contributed by atoms with E-state index < -0.39 is 0 Å². The number of nitrogens with zero attached hydrogens (tertiary/aromatic N) is 1. The molecule has 2 aromatic carbocycles. The number of rotatable bonds is 2. The van der Waals surface area contributed by atoms with Gasteiger partial charge in [-0.2, -0.15) is 0 Å². The smallest absolute Gasteiger partial charge is 0.260 e. The number of hydrogen-bond donors (Lipinski definition) is 1. The van der Waals surface area contributed by atoms with Gasteiger partial charge in [-0.1, -0.05) is 30.3 Å². The van der Waals surface area contributed by atoms with E-state index in [0.29, 0.717) is 22.2 Å². The van der Waals surface area contributed by atoms with Gasteiger partial charge in [0.15, 0.2) is 0 Å². The fraction of sp³-hybridized carbons (Fsp3) is 0.118. The van der Waals surface area contributed by atoms with Crippen molar-refractivity contribution in [2.24, 2.45) is 0 Å². The highest BCUT2D eigenvalue weighted by Crippen LogP contribution is 2.26. The highest BCUT2D eigenvalue weighted by Gasteiger charge is 2.21. The number of aromatic nitrogens is 1. The molecule has 0 spiro atoms. The lowest BCUT2D eigenvalue weighted by molar-refractivity contribution is 0.0994. The van der Waals surface area contributed by atoms with Crippen LogP contribution in [0.5, 0.6) is 0 Å². The zero-order valence-corrected chi connectivity index (χ0v) is 11.9. The molecule has 3 nitrogen and oxygen atoms in total. The standard InChI is InChI=1S/C17H15FN2O/c1-11-15(13-9-6-10-14(18)16(13)19-11)17(21)20(2)12-7-4-3-5-8-12/h3-10,19H,1-2H3. The number of nitrogens with one attached hydrogen (secondary N) is 1. The van der Waals surface area contributed by atoms with Gasteiger partial charge in [-0.05, 0) is 25.1 Å². The Morgan fingerprint density at radius 2 is 1.81 bits per heavy atom. The summed E-state index contributed by atoms with van der Waals surface area (Å²) in [5, 5.41) is 0.611. The first kappa shape index (κ1) is 13.4. The first-order valence-corrected chi connectivity index (χ1v) is 6.69. The molecule has 1 N–H and O–H groups in total. The second-order valence-electron chi connectivity index (χ2n) is 4.99. The number of H-pyrrole nitrogens is 1. The van der Waals surface area contributed by atoms with E-state index >= 15 is 0 Å². The molecule has 1 amide bonds. The first-order chi connectivity index (χ1) is 10.1. The average molecular weight is 282 g/mol. The summed E-state index contributed by atoms with van der Waals surface area (Å²) in [6, 6.07) is 14.1. The molecule has 106 valence electrons. The second kappa shape index (κ2) is 5.05. The minimum atomic E-state index is -0.350. The summed E-state index contributed by atoms with van der Waals surface area (Å²) >= 11 is 0. The summed E-state index contributed by atoms with van der Waals surface area (Å²) in [7, 11) is 1.72. The van der Waals surface area contributed by atoms with Crippen LogP contribution in [0.3, 0.4) is 0 Å².